The molecule has 34 heavy (non-hydrogen) atoms. The van der Waals surface area contributed by atoms with E-state index in [1.807, 2.05) is 61.5 Å². The highest BCUT2D eigenvalue weighted by Crippen LogP contribution is 2.28. The van der Waals surface area contributed by atoms with E-state index < -0.39 is 0 Å². The number of ether oxygens (including phenoxy) is 1. The van der Waals surface area contributed by atoms with Gasteiger partial charge in [-0.25, -0.2) is 14.8 Å². The molecule has 5 rings (SSSR count). The molecule has 2 heterocycles. The first-order valence-corrected chi connectivity index (χ1v) is 10.8. The largest absolute Gasteiger partial charge is 0.462 e. The maximum atomic E-state index is 12.1. The lowest BCUT2D eigenvalue weighted by Gasteiger charge is -2.11. The SMILES string of the molecule is CCOC(=O)c1cccc(Nc2nc(-c3nnc(-c4ccc(C)cc4)o3)nc3ccccc23)c1. The summed E-state index contributed by atoms with van der Waals surface area (Å²) in [7, 11) is 0. The van der Waals surface area contributed by atoms with Crippen molar-refractivity contribution in [3.8, 4) is 23.2 Å². The van der Waals surface area contributed by atoms with Gasteiger partial charge in [0.2, 0.25) is 11.7 Å². The molecule has 0 fully saturated rings. The van der Waals surface area contributed by atoms with Crippen molar-refractivity contribution in [1.82, 2.24) is 20.2 Å². The number of carbonyl (C=O) groups excluding carboxylic acids is 1. The second-order valence-corrected chi connectivity index (χ2v) is 7.62. The third-order valence-electron chi connectivity index (χ3n) is 5.15. The number of carbonyl (C=O) groups is 1. The molecular formula is C26H21N5O3. The Labute approximate surface area is 195 Å². The summed E-state index contributed by atoms with van der Waals surface area (Å²) < 4.78 is 11.0. The van der Waals surface area contributed by atoms with Gasteiger partial charge in [0.15, 0.2) is 0 Å². The number of hydrogen-bond acceptors (Lipinski definition) is 8. The zero-order valence-electron chi connectivity index (χ0n) is 18.6. The molecule has 3 aromatic carbocycles. The van der Waals surface area contributed by atoms with E-state index in [-0.39, 0.29) is 11.9 Å². The lowest BCUT2D eigenvalue weighted by Crippen LogP contribution is -2.05. The Morgan fingerprint density at radius 1 is 0.941 bits per heavy atom. The van der Waals surface area contributed by atoms with E-state index in [2.05, 4.69) is 25.5 Å². The van der Waals surface area contributed by atoms with Crippen LogP contribution in [-0.4, -0.2) is 32.7 Å². The Hall–Kier alpha value is -4.59. The molecule has 0 atom stereocenters. The van der Waals surface area contributed by atoms with Crippen LogP contribution in [0.1, 0.15) is 22.8 Å². The molecule has 0 radical (unpaired) electrons. The van der Waals surface area contributed by atoms with Gasteiger partial charge in [0.25, 0.3) is 5.89 Å². The van der Waals surface area contributed by atoms with Crippen molar-refractivity contribution < 1.29 is 13.9 Å². The maximum Gasteiger partial charge on any atom is 0.338 e. The first kappa shape index (κ1) is 21.3. The molecule has 1 N–H and O–H groups in total. The van der Waals surface area contributed by atoms with E-state index >= 15 is 0 Å². The van der Waals surface area contributed by atoms with Crippen LogP contribution in [0.25, 0.3) is 34.1 Å². The highest BCUT2D eigenvalue weighted by molar-refractivity contribution is 5.93. The third-order valence-corrected chi connectivity index (χ3v) is 5.15. The number of nitrogens with zero attached hydrogens (tertiary/aromatic N) is 4. The summed E-state index contributed by atoms with van der Waals surface area (Å²) in [5, 5.41) is 12.4. The molecule has 168 valence electrons. The Morgan fingerprint density at radius 3 is 2.56 bits per heavy atom. The predicted molar refractivity (Wildman–Crippen MR) is 129 cm³/mol. The molecule has 0 aliphatic carbocycles. The number of nitrogens with one attached hydrogen (secondary N) is 1. The van der Waals surface area contributed by atoms with E-state index in [1.165, 1.54) is 0 Å². The fraction of sp³-hybridized carbons (Fsp3) is 0.115. The molecule has 0 saturated carbocycles. The van der Waals surface area contributed by atoms with Gasteiger partial charge >= 0.3 is 5.97 Å². The molecule has 0 aliphatic heterocycles. The van der Waals surface area contributed by atoms with Gasteiger partial charge < -0.3 is 14.5 Å². The molecule has 0 aliphatic rings. The summed E-state index contributed by atoms with van der Waals surface area (Å²) in [4.78, 5) is 21.4. The maximum absolute atomic E-state index is 12.1. The van der Waals surface area contributed by atoms with E-state index in [4.69, 9.17) is 9.15 Å². The number of anilines is 2. The molecule has 0 saturated heterocycles. The van der Waals surface area contributed by atoms with Gasteiger partial charge in [0.1, 0.15) is 5.82 Å². The number of esters is 1. The van der Waals surface area contributed by atoms with Gasteiger partial charge in [0, 0.05) is 16.6 Å². The minimum Gasteiger partial charge on any atom is -0.462 e. The quantitative estimate of drug-likeness (QED) is 0.334. The summed E-state index contributed by atoms with van der Waals surface area (Å²) in [6.45, 7) is 4.10. The van der Waals surface area contributed by atoms with Gasteiger partial charge in [-0.1, -0.05) is 35.9 Å². The Bertz CT molecular complexity index is 1480. The number of benzene rings is 3. The zero-order valence-corrected chi connectivity index (χ0v) is 18.6. The highest BCUT2D eigenvalue weighted by Gasteiger charge is 2.17. The molecule has 8 nitrogen and oxygen atoms in total. The molecule has 8 heteroatoms. The zero-order chi connectivity index (χ0) is 23.5. The van der Waals surface area contributed by atoms with Crippen molar-refractivity contribution in [1.29, 1.82) is 0 Å². The number of rotatable bonds is 6. The molecule has 5 aromatic rings. The fourth-order valence-corrected chi connectivity index (χ4v) is 3.47. The van der Waals surface area contributed by atoms with Gasteiger partial charge in [-0.3, -0.25) is 0 Å². The number of hydrogen-bond donors (Lipinski definition) is 1. The lowest BCUT2D eigenvalue weighted by atomic mass is 10.1. The summed E-state index contributed by atoms with van der Waals surface area (Å²) in [5.74, 6) is 1.08. The first-order valence-electron chi connectivity index (χ1n) is 10.8. The van der Waals surface area contributed by atoms with E-state index in [1.54, 1.807) is 25.1 Å². The summed E-state index contributed by atoms with van der Waals surface area (Å²) in [5.41, 5.74) is 3.81. The van der Waals surface area contributed by atoms with Gasteiger partial charge in [0.05, 0.1) is 17.7 Å². The van der Waals surface area contributed by atoms with Crippen LogP contribution < -0.4 is 5.32 Å². The third kappa shape index (κ3) is 4.33. The van der Waals surface area contributed by atoms with Gasteiger partial charge in [-0.15, -0.1) is 10.2 Å². The summed E-state index contributed by atoms with van der Waals surface area (Å²) in [6.07, 6.45) is 0. The van der Waals surface area contributed by atoms with Crippen molar-refractivity contribution in [3.05, 3.63) is 83.9 Å². The molecule has 2 aromatic heterocycles. The predicted octanol–water partition coefficient (Wildman–Crippen LogP) is 5.58. The monoisotopic (exact) mass is 451 g/mol. The van der Waals surface area contributed by atoms with Crippen LogP contribution in [0.5, 0.6) is 0 Å². The second-order valence-electron chi connectivity index (χ2n) is 7.62. The average Bonchev–Trinajstić information content (AvgIpc) is 3.35. The second kappa shape index (κ2) is 9.11. The smallest absolute Gasteiger partial charge is 0.338 e. The molecule has 0 unspecified atom stereocenters. The van der Waals surface area contributed by atoms with Crippen molar-refractivity contribution in [3.63, 3.8) is 0 Å². The van der Waals surface area contributed by atoms with Crippen molar-refractivity contribution >= 4 is 28.4 Å². The Morgan fingerprint density at radius 2 is 1.74 bits per heavy atom. The number of fused-ring (bicyclic) bond motifs is 1. The normalized spacial score (nSPS) is 10.9. The van der Waals surface area contributed by atoms with Crippen LogP contribution >= 0.6 is 0 Å². The number of para-hydroxylation sites is 1. The molecule has 0 bridgehead atoms. The van der Waals surface area contributed by atoms with E-state index in [0.29, 0.717) is 40.9 Å². The van der Waals surface area contributed by atoms with Crippen molar-refractivity contribution in [2.75, 3.05) is 11.9 Å². The lowest BCUT2D eigenvalue weighted by molar-refractivity contribution is 0.0526. The van der Waals surface area contributed by atoms with Crippen LogP contribution in [-0.2, 0) is 4.74 Å². The number of aryl methyl sites for hydroxylation is 1. The summed E-state index contributed by atoms with van der Waals surface area (Å²) >= 11 is 0. The van der Waals surface area contributed by atoms with Crippen LogP contribution in [0.15, 0.2) is 77.2 Å². The van der Waals surface area contributed by atoms with Crippen LogP contribution in [0, 0.1) is 6.92 Å². The van der Waals surface area contributed by atoms with E-state index in [9.17, 15) is 4.79 Å². The van der Waals surface area contributed by atoms with Crippen molar-refractivity contribution in [2.45, 2.75) is 13.8 Å². The minimum atomic E-state index is -0.381. The highest BCUT2D eigenvalue weighted by atomic mass is 16.5. The fourth-order valence-electron chi connectivity index (χ4n) is 3.47. The Balaban J connectivity index is 1.52. The molecule has 0 amide bonds. The standard InChI is InChI=1S/C26H21N5O3/c1-3-33-26(32)18-7-6-8-19(15-18)27-22-20-9-4-5-10-21(20)28-23(29-22)25-31-30-24(34-25)17-13-11-16(2)12-14-17/h4-15H,3H2,1-2H3,(H,27,28,29). The van der Waals surface area contributed by atoms with Crippen LogP contribution in [0.4, 0.5) is 11.5 Å². The van der Waals surface area contributed by atoms with Crippen LogP contribution in [0.2, 0.25) is 0 Å². The first-order chi connectivity index (χ1) is 16.6. The van der Waals surface area contributed by atoms with Gasteiger partial charge in [-0.05, 0) is 56.3 Å². The average molecular weight is 451 g/mol. The van der Waals surface area contributed by atoms with E-state index in [0.717, 1.165) is 16.5 Å². The van der Waals surface area contributed by atoms with Crippen LogP contribution in [0.3, 0.4) is 0 Å². The number of aromatic nitrogens is 4. The Kier molecular flexibility index (Phi) is 5.70. The topological polar surface area (TPSA) is 103 Å². The van der Waals surface area contributed by atoms with Crippen molar-refractivity contribution in [2.24, 2.45) is 0 Å². The van der Waals surface area contributed by atoms with Gasteiger partial charge in [-0.2, -0.15) is 0 Å². The summed E-state index contributed by atoms with van der Waals surface area (Å²) in [6, 6.07) is 22.5. The molecule has 0 spiro atoms. The molecular weight excluding hydrogens is 430 g/mol. The minimum absolute atomic E-state index is 0.213.